The zero-order valence-corrected chi connectivity index (χ0v) is 28.3. The molecule has 0 amide bonds. The second-order valence-corrected chi connectivity index (χ2v) is 14.0. The molecule has 4 aromatic rings. The van der Waals surface area contributed by atoms with Gasteiger partial charge in [0, 0.05) is 0 Å². The largest absolute Gasteiger partial charge is 0.371 e. The molecule has 0 aliphatic rings. The summed E-state index contributed by atoms with van der Waals surface area (Å²) in [6.07, 6.45) is -2.65. The number of rotatable bonds is 21. The standard InChI is InChI=1S/C38H46O6S2/c1-3-45-37(46-4-2)35(43-27-32-21-13-7-14-22-32)34(42-26-31-19-11-6-12-20-31)36(44-28-33-23-15-8-16-24-33)38(39,40)29-41-25-30-17-9-5-10-18-30/h5-24,34-37,39-40H,3-4,25-29H2,1-2H3/t34-,35-,36+/m1/s1. The van der Waals surface area contributed by atoms with E-state index < -0.39 is 24.1 Å². The monoisotopic (exact) mass is 662 g/mol. The van der Waals surface area contributed by atoms with E-state index in [4.69, 9.17) is 18.9 Å². The Balaban J connectivity index is 1.70. The maximum atomic E-state index is 11.8. The summed E-state index contributed by atoms with van der Waals surface area (Å²) in [6, 6.07) is 39.2. The van der Waals surface area contributed by atoms with Crippen LogP contribution in [0.3, 0.4) is 0 Å². The molecule has 0 spiro atoms. The van der Waals surface area contributed by atoms with Gasteiger partial charge in [0.1, 0.15) is 24.9 Å². The molecule has 0 saturated heterocycles. The summed E-state index contributed by atoms with van der Waals surface area (Å²) in [4.78, 5) is 0. The summed E-state index contributed by atoms with van der Waals surface area (Å²) in [6.45, 7) is 4.79. The van der Waals surface area contributed by atoms with Crippen molar-refractivity contribution < 1.29 is 29.2 Å². The first-order valence-corrected chi connectivity index (χ1v) is 17.9. The van der Waals surface area contributed by atoms with E-state index in [1.165, 1.54) is 0 Å². The van der Waals surface area contributed by atoms with E-state index in [1.807, 2.05) is 121 Å². The quantitative estimate of drug-likeness (QED) is 0.0891. The molecule has 8 heteroatoms. The van der Waals surface area contributed by atoms with Crippen LogP contribution < -0.4 is 0 Å². The van der Waals surface area contributed by atoms with Gasteiger partial charge < -0.3 is 29.2 Å². The van der Waals surface area contributed by atoms with Crippen molar-refractivity contribution in [2.24, 2.45) is 0 Å². The number of ether oxygens (including phenoxy) is 4. The molecule has 0 fully saturated rings. The Morgan fingerprint density at radius 3 is 1.30 bits per heavy atom. The number of hydrogen-bond donors (Lipinski definition) is 2. The third kappa shape index (κ3) is 11.9. The summed E-state index contributed by atoms with van der Waals surface area (Å²) < 4.78 is 25.8. The average Bonchev–Trinajstić information content (AvgIpc) is 3.08. The van der Waals surface area contributed by atoms with E-state index >= 15 is 0 Å². The van der Waals surface area contributed by atoms with Crippen molar-refractivity contribution in [1.29, 1.82) is 0 Å². The van der Waals surface area contributed by atoms with Crippen LogP contribution in [-0.2, 0) is 45.4 Å². The average molecular weight is 663 g/mol. The Bertz CT molecular complexity index is 1340. The molecule has 0 radical (unpaired) electrons. The highest BCUT2D eigenvalue weighted by Gasteiger charge is 2.48. The molecule has 0 aliphatic carbocycles. The zero-order valence-electron chi connectivity index (χ0n) is 26.7. The van der Waals surface area contributed by atoms with Gasteiger partial charge in [-0.1, -0.05) is 135 Å². The first-order chi connectivity index (χ1) is 22.5. The zero-order chi connectivity index (χ0) is 32.5. The molecule has 0 aliphatic heterocycles. The van der Waals surface area contributed by atoms with Crippen molar-refractivity contribution in [2.45, 2.75) is 69.0 Å². The topological polar surface area (TPSA) is 77.4 Å². The van der Waals surface area contributed by atoms with E-state index in [0.29, 0.717) is 6.61 Å². The normalized spacial score (nSPS) is 13.8. The molecule has 6 nitrogen and oxygen atoms in total. The van der Waals surface area contributed by atoms with Gasteiger partial charge in [0.15, 0.2) is 0 Å². The van der Waals surface area contributed by atoms with Crippen LogP contribution in [-0.4, -0.2) is 57.0 Å². The highest BCUT2D eigenvalue weighted by molar-refractivity contribution is 8.17. The first-order valence-electron chi connectivity index (χ1n) is 15.8. The highest BCUT2D eigenvalue weighted by Crippen LogP contribution is 2.35. The van der Waals surface area contributed by atoms with Gasteiger partial charge in [0.25, 0.3) is 0 Å². The van der Waals surface area contributed by atoms with Gasteiger partial charge in [-0.2, -0.15) is 0 Å². The van der Waals surface area contributed by atoms with Crippen molar-refractivity contribution in [3.63, 3.8) is 0 Å². The van der Waals surface area contributed by atoms with Gasteiger partial charge in [0.05, 0.1) is 31.0 Å². The van der Waals surface area contributed by atoms with Gasteiger partial charge in [-0.05, 0) is 33.8 Å². The lowest BCUT2D eigenvalue weighted by atomic mass is 9.99. The summed E-state index contributed by atoms with van der Waals surface area (Å²) in [5.41, 5.74) is 3.81. The van der Waals surface area contributed by atoms with Crippen molar-refractivity contribution in [3.8, 4) is 0 Å². The van der Waals surface area contributed by atoms with Gasteiger partial charge in [-0.3, -0.25) is 0 Å². The van der Waals surface area contributed by atoms with Crippen LogP contribution >= 0.6 is 23.5 Å². The molecule has 0 unspecified atom stereocenters. The molecule has 0 saturated carbocycles. The molecular weight excluding hydrogens is 617 g/mol. The number of thioether (sulfide) groups is 2. The van der Waals surface area contributed by atoms with Crippen molar-refractivity contribution in [1.82, 2.24) is 0 Å². The molecule has 46 heavy (non-hydrogen) atoms. The number of aliphatic hydroxyl groups is 2. The lowest BCUT2D eigenvalue weighted by Gasteiger charge is -2.41. The predicted octanol–water partition coefficient (Wildman–Crippen LogP) is 7.47. The maximum Gasteiger partial charge on any atom is 0.216 e. The second kappa shape index (κ2) is 19.9. The van der Waals surface area contributed by atoms with Crippen LogP contribution in [0.1, 0.15) is 36.1 Å². The summed E-state index contributed by atoms with van der Waals surface area (Å²) >= 11 is 3.52. The Morgan fingerprint density at radius 2 is 0.891 bits per heavy atom. The highest BCUT2D eigenvalue weighted by atomic mass is 32.2. The lowest BCUT2D eigenvalue weighted by Crippen LogP contribution is -2.59. The van der Waals surface area contributed by atoms with Crippen LogP contribution in [0.2, 0.25) is 0 Å². The maximum absolute atomic E-state index is 11.8. The molecule has 4 rings (SSSR count). The fraction of sp³-hybridized carbons (Fsp3) is 0.368. The fourth-order valence-corrected chi connectivity index (χ4v) is 7.71. The minimum Gasteiger partial charge on any atom is -0.371 e. The third-order valence-corrected chi connectivity index (χ3v) is 9.95. The van der Waals surface area contributed by atoms with Crippen LogP contribution in [0, 0.1) is 0 Å². The molecular formula is C38H46O6S2. The first kappa shape index (κ1) is 36.2. The van der Waals surface area contributed by atoms with Crippen molar-refractivity contribution in [3.05, 3.63) is 144 Å². The third-order valence-electron chi connectivity index (χ3n) is 7.28. The van der Waals surface area contributed by atoms with Crippen molar-refractivity contribution >= 4 is 23.5 Å². The van der Waals surface area contributed by atoms with Crippen LogP contribution in [0.4, 0.5) is 0 Å². The van der Waals surface area contributed by atoms with Crippen LogP contribution in [0.25, 0.3) is 0 Å². The molecule has 4 aromatic carbocycles. The van der Waals surface area contributed by atoms with Gasteiger partial charge in [0.2, 0.25) is 5.79 Å². The Kier molecular flexibility index (Phi) is 15.6. The molecule has 0 aromatic heterocycles. The minimum absolute atomic E-state index is 0.0663. The molecule has 2 N–H and O–H groups in total. The van der Waals surface area contributed by atoms with Gasteiger partial charge in [-0.15, -0.1) is 23.5 Å². The van der Waals surface area contributed by atoms with E-state index in [-0.39, 0.29) is 31.0 Å². The Morgan fingerprint density at radius 1 is 0.522 bits per heavy atom. The van der Waals surface area contributed by atoms with Crippen LogP contribution in [0.5, 0.6) is 0 Å². The Hall–Kier alpha value is -2.66. The molecule has 0 bridgehead atoms. The van der Waals surface area contributed by atoms with Crippen molar-refractivity contribution in [2.75, 3.05) is 18.1 Å². The van der Waals surface area contributed by atoms with E-state index in [0.717, 1.165) is 33.8 Å². The summed E-state index contributed by atoms with van der Waals surface area (Å²) in [5, 5.41) is 23.7. The van der Waals surface area contributed by atoms with E-state index in [9.17, 15) is 10.2 Å². The number of benzene rings is 4. The fourth-order valence-electron chi connectivity index (χ4n) is 5.01. The SMILES string of the molecule is CCSC(SCC)[C@H](OCc1ccccc1)[C@@H](OCc1ccccc1)[C@H](OCc1ccccc1)C(O)(O)COCc1ccccc1. The Labute approximate surface area is 282 Å². The summed E-state index contributed by atoms with van der Waals surface area (Å²) in [7, 11) is 0. The smallest absolute Gasteiger partial charge is 0.216 e. The lowest BCUT2D eigenvalue weighted by molar-refractivity contribution is -0.300. The number of hydrogen-bond acceptors (Lipinski definition) is 8. The predicted molar refractivity (Wildman–Crippen MR) is 188 cm³/mol. The van der Waals surface area contributed by atoms with Gasteiger partial charge >= 0.3 is 0 Å². The van der Waals surface area contributed by atoms with E-state index in [2.05, 4.69) is 13.8 Å². The summed E-state index contributed by atoms with van der Waals surface area (Å²) in [5.74, 6) is -0.696. The minimum atomic E-state index is -2.41. The molecule has 3 atom stereocenters. The second-order valence-electron chi connectivity index (χ2n) is 10.9. The van der Waals surface area contributed by atoms with Gasteiger partial charge in [-0.25, -0.2) is 0 Å². The van der Waals surface area contributed by atoms with Crippen LogP contribution in [0.15, 0.2) is 121 Å². The molecule has 246 valence electrons. The van der Waals surface area contributed by atoms with E-state index in [1.54, 1.807) is 23.5 Å². The molecule has 0 heterocycles.